The van der Waals surface area contributed by atoms with Gasteiger partial charge in [-0.05, 0) is 36.3 Å². The van der Waals surface area contributed by atoms with E-state index in [0.717, 1.165) is 0 Å². The Morgan fingerprint density at radius 1 is 0.808 bits per heavy atom. The standard InChI is InChI=1S/C18H40O6Si2/c1-17(2,3)25(7,8)22-11-12-13(19)14(20)15(16(21)23-12)24-26(9,10)18(4,5)6/h12-16,19-21H,11H2,1-10H3/t12-,13+,14+,15-,16-/m1/s1. The van der Waals surface area contributed by atoms with Gasteiger partial charge in [-0.2, -0.15) is 0 Å². The van der Waals surface area contributed by atoms with Crippen molar-refractivity contribution in [3.05, 3.63) is 0 Å². The van der Waals surface area contributed by atoms with Gasteiger partial charge in [0.05, 0.1) is 6.61 Å². The van der Waals surface area contributed by atoms with Crippen LogP contribution in [0.1, 0.15) is 41.5 Å². The molecule has 5 atom stereocenters. The van der Waals surface area contributed by atoms with Crippen molar-refractivity contribution in [3.8, 4) is 0 Å². The number of ether oxygens (including phenoxy) is 1. The number of rotatable bonds is 5. The predicted molar refractivity (Wildman–Crippen MR) is 108 cm³/mol. The summed E-state index contributed by atoms with van der Waals surface area (Å²) >= 11 is 0. The van der Waals surface area contributed by atoms with Crippen molar-refractivity contribution in [1.82, 2.24) is 0 Å². The van der Waals surface area contributed by atoms with E-state index in [1.54, 1.807) is 0 Å². The van der Waals surface area contributed by atoms with Crippen molar-refractivity contribution < 1.29 is 28.9 Å². The van der Waals surface area contributed by atoms with Gasteiger partial charge < -0.3 is 28.9 Å². The lowest BCUT2D eigenvalue weighted by Gasteiger charge is -2.47. The highest BCUT2D eigenvalue weighted by atomic mass is 28.4. The summed E-state index contributed by atoms with van der Waals surface area (Å²) in [5.74, 6) is 0. The van der Waals surface area contributed by atoms with Crippen molar-refractivity contribution in [3.63, 3.8) is 0 Å². The van der Waals surface area contributed by atoms with E-state index in [-0.39, 0.29) is 16.7 Å². The highest BCUT2D eigenvalue weighted by Crippen LogP contribution is 2.40. The lowest BCUT2D eigenvalue weighted by atomic mass is 9.99. The molecule has 26 heavy (non-hydrogen) atoms. The first-order valence-electron chi connectivity index (χ1n) is 9.42. The molecule has 156 valence electrons. The van der Waals surface area contributed by atoms with Crippen LogP contribution in [0.3, 0.4) is 0 Å². The van der Waals surface area contributed by atoms with E-state index in [4.69, 9.17) is 13.6 Å². The minimum absolute atomic E-state index is 0.0256. The molecule has 0 saturated carbocycles. The predicted octanol–water partition coefficient (Wildman–Crippen LogP) is 2.84. The van der Waals surface area contributed by atoms with Crippen molar-refractivity contribution in [2.24, 2.45) is 0 Å². The lowest BCUT2D eigenvalue weighted by Crippen LogP contribution is -2.63. The number of hydrogen-bond donors (Lipinski definition) is 3. The summed E-state index contributed by atoms with van der Waals surface area (Å²) in [6.07, 6.45) is -5.43. The molecule has 0 bridgehead atoms. The maximum Gasteiger partial charge on any atom is 0.192 e. The van der Waals surface area contributed by atoms with Crippen molar-refractivity contribution in [1.29, 1.82) is 0 Å². The minimum Gasteiger partial charge on any atom is -0.414 e. The van der Waals surface area contributed by atoms with Gasteiger partial charge in [-0.1, -0.05) is 41.5 Å². The molecule has 3 N–H and O–H groups in total. The van der Waals surface area contributed by atoms with E-state index >= 15 is 0 Å². The first-order valence-corrected chi connectivity index (χ1v) is 15.2. The topological polar surface area (TPSA) is 88.4 Å². The summed E-state index contributed by atoms with van der Waals surface area (Å²) in [4.78, 5) is 0. The molecule has 1 heterocycles. The fourth-order valence-corrected chi connectivity index (χ4v) is 4.51. The summed E-state index contributed by atoms with van der Waals surface area (Å²) in [5, 5.41) is 31.4. The molecular weight excluding hydrogens is 368 g/mol. The average Bonchev–Trinajstić information content (AvgIpc) is 2.43. The van der Waals surface area contributed by atoms with Crippen LogP contribution in [0.25, 0.3) is 0 Å². The van der Waals surface area contributed by atoms with Gasteiger partial charge in [0.1, 0.15) is 24.4 Å². The van der Waals surface area contributed by atoms with Crippen LogP contribution in [0, 0.1) is 0 Å². The summed E-state index contributed by atoms with van der Waals surface area (Å²) in [5.41, 5.74) is 0. The van der Waals surface area contributed by atoms with Crippen LogP contribution in [-0.4, -0.2) is 69.3 Å². The van der Waals surface area contributed by atoms with Gasteiger partial charge in [-0.15, -0.1) is 0 Å². The number of aliphatic hydroxyl groups is 3. The molecule has 1 fully saturated rings. The second kappa shape index (κ2) is 7.90. The normalized spacial score (nSPS) is 32.0. The zero-order valence-electron chi connectivity index (χ0n) is 18.2. The van der Waals surface area contributed by atoms with Crippen LogP contribution >= 0.6 is 0 Å². The molecule has 0 aromatic heterocycles. The summed E-state index contributed by atoms with van der Waals surface area (Å²) in [6, 6.07) is 0. The highest BCUT2D eigenvalue weighted by molar-refractivity contribution is 6.74. The van der Waals surface area contributed by atoms with E-state index in [2.05, 4.69) is 54.6 Å². The molecule has 0 amide bonds. The monoisotopic (exact) mass is 408 g/mol. The lowest BCUT2D eigenvalue weighted by molar-refractivity contribution is -0.282. The molecule has 0 radical (unpaired) electrons. The summed E-state index contributed by atoms with van der Waals surface area (Å²) in [6.45, 7) is 21.0. The summed E-state index contributed by atoms with van der Waals surface area (Å²) < 4.78 is 17.8. The quantitative estimate of drug-likeness (QED) is 0.606. The Kier molecular flexibility index (Phi) is 7.37. The van der Waals surface area contributed by atoms with Crippen molar-refractivity contribution >= 4 is 16.6 Å². The smallest absolute Gasteiger partial charge is 0.192 e. The molecule has 1 rings (SSSR count). The van der Waals surface area contributed by atoms with Crippen LogP contribution in [0.4, 0.5) is 0 Å². The second-order valence-corrected chi connectivity index (χ2v) is 20.0. The Hall–Kier alpha value is 0.194. The zero-order valence-corrected chi connectivity index (χ0v) is 20.2. The second-order valence-electron chi connectivity index (χ2n) is 10.5. The Morgan fingerprint density at radius 2 is 1.27 bits per heavy atom. The SMILES string of the molecule is CC(C)(C)[Si](C)(C)OC[C@H]1O[C@@H](O)[C@H](O[Si](C)(C)C(C)(C)C)[C@@H](O)[C@H]1O. The third-order valence-electron chi connectivity index (χ3n) is 6.31. The largest absolute Gasteiger partial charge is 0.414 e. The molecule has 0 aromatic carbocycles. The van der Waals surface area contributed by atoms with E-state index in [0.29, 0.717) is 0 Å². The van der Waals surface area contributed by atoms with E-state index in [1.807, 2.05) is 13.1 Å². The Bertz CT molecular complexity index is 467. The van der Waals surface area contributed by atoms with E-state index < -0.39 is 47.3 Å². The fourth-order valence-electron chi connectivity index (χ4n) is 2.21. The molecule has 0 aromatic rings. The van der Waals surface area contributed by atoms with Crippen LogP contribution < -0.4 is 0 Å². The Morgan fingerprint density at radius 3 is 1.69 bits per heavy atom. The maximum absolute atomic E-state index is 10.6. The zero-order chi connectivity index (χ0) is 20.7. The van der Waals surface area contributed by atoms with Gasteiger partial charge >= 0.3 is 0 Å². The highest BCUT2D eigenvalue weighted by Gasteiger charge is 2.50. The third kappa shape index (κ3) is 5.38. The van der Waals surface area contributed by atoms with Gasteiger partial charge in [0, 0.05) is 0 Å². The van der Waals surface area contributed by atoms with E-state index in [1.165, 1.54) is 0 Å². The van der Waals surface area contributed by atoms with Crippen LogP contribution in [-0.2, 0) is 13.6 Å². The Labute approximate surface area is 161 Å². The molecule has 0 unspecified atom stereocenters. The maximum atomic E-state index is 10.6. The molecule has 1 saturated heterocycles. The van der Waals surface area contributed by atoms with Crippen LogP contribution in [0.2, 0.25) is 36.3 Å². The molecule has 1 aliphatic rings. The van der Waals surface area contributed by atoms with Crippen LogP contribution in [0.15, 0.2) is 0 Å². The molecule has 0 aliphatic carbocycles. The molecule has 8 heteroatoms. The number of hydrogen-bond acceptors (Lipinski definition) is 6. The fraction of sp³-hybridized carbons (Fsp3) is 1.00. The molecule has 0 spiro atoms. The minimum atomic E-state index is -2.24. The van der Waals surface area contributed by atoms with Gasteiger partial charge in [0.25, 0.3) is 0 Å². The Balaban J connectivity index is 2.81. The van der Waals surface area contributed by atoms with Crippen molar-refractivity contribution in [2.75, 3.05) is 6.61 Å². The number of aliphatic hydroxyl groups excluding tert-OH is 3. The third-order valence-corrected chi connectivity index (χ3v) is 15.3. The average molecular weight is 409 g/mol. The van der Waals surface area contributed by atoms with Gasteiger partial charge in [0.15, 0.2) is 22.9 Å². The molecule has 1 aliphatic heterocycles. The summed E-state index contributed by atoms with van der Waals surface area (Å²) in [7, 11) is -4.26. The van der Waals surface area contributed by atoms with Gasteiger partial charge in [-0.3, -0.25) is 0 Å². The van der Waals surface area contributed by atoms with Gasteiger partial charge in [0.2, 0.25) is 0 Å². The molecule has 6 nitrogen and oxygen atoms in total. The molecular formula is C18H40O6Si2. The van der Waals surface area contributed by atoms with Gasteiger partial charge in [-0.25, -0.2) is 0 Å². The van der Waals surface area contributed by atoms with Crippen molar-refractivity contribution in [2.45, 2.75) is 109 Å². The van der Waals surface area contributed by atoms with Crippen LogP contribution in [0.5, 0.6) is 0 Å². The first kappa shape index (κ1) is 24.2. The first-order chi connectivity index (χ1) is 11.4. The van der Waals surface area contributed by atoms with E-state index in [9.17, 15) is 15.3 Å².